The van der Waals surface area contributed by atoms with E-state index in [9.17, 15) is 13.2 Å². The van der Waals surface area contributed by atoms with Crippen LogP contribution in [0.15, 0.2) is 0 Å². The van der Waals surface area contributed by atoms with E-state index in [1.165, 1.54) is 0 Å². The number of Topliss-reactive ketones (excluding diaryl/α,β-unsaturated/α-hetero) is 1. The molecule has 0 radical (unpaired) electrons. The topological polar surface area (TPSA) is 63.2 Å². The first-order valence-electron chi connectivity index (χ1n) is 6.34. The van der Waals surface area contributed by atoms with Crippen LogP contribution in [0.1, 0.15) is 39.5 Å². The van der Waals surface area contributed by atoms with Crippen molar-refractivity contribution in [3.63, 3.8) is 0 Å². The highest BCUT2D eigenvalue weighted by molar-refractivity contribution is 7.91. The molecule has 0 aliphatic carbocycles. The van der Waals surface area contributed by atoms with E-state index in [4.69, 9.17) is 0 Å². The van der Waals surface area contributed by atoms with Crippen LogP contribution in [0, 0.1) is 5.41 Å². The van der Waals surface area contributed by atoms with Crippen LogP contribution in [0.2, 0.25) is 0 Å². The summed E-state index contributed by atoms with van der Waals surface area (Å²) < 4.78 is 23.1. The van der Waals surface area contributed by atoms with Gasteiger partial charge in [0, 0.05) is 17.6 Å². The first kappa shape index (κ1) is 14.6. The van der Waals surface area contributed by atoms with Crippen LogP contribution in [-0.4, -0.2) is 38.8 Å². The predicted molar refractivity (Wildman–Crippen MR) is 68.8 cm³/mol. The lowest BCUT2D eigenvalue weighted by molar-refractivity contribution is -0.128. The number of rotatable bonds is 6. The molecule has 0 aromatic heterocycles. The molecule has 4 nitrogen and oxygen atoms in total. The molecule has 0 saturated carbocycles. The Labute approximate surface area is 104 Å². The molecule has 0 amide bonds. The number of piperidine rings is 1. The summed E-state index contributed by atoms with van der Waals surface area (Å²) in [7, 11) is -3.03. The van der Waals surface area contributed by atoms with Crippen LogP contribution in [0.3, 0.4) is 0 Å². The second-order valence-electron chi connectivity index (χ2n) is 5.14. The molecule has 1 aliphatic rings. The third-order valence-electron chi connectivity index (χ3n) is 3.54. The third kappa shape index (κ3) is 4.39. The van der Waals surface area contributed by atoms with Crippen molar-refractivity contribution < 1.29 is 13.2 Å². The Morgan fingerprint density at radius 2 is 1.82 bits per heavy atom. The maximum Gasteiger partial charge on any atom is 0.150 e. The standard InChI is InChI=1S/C12H23NO3S/c1-3-9-17(15,16)10-4-11(14)12(2)5-7-13-8-6-12/h13H,3-10H2,1-2H3. The molecule has 5 heteroatoms. The van der Waals surface area contributed by atoms with Gasteiger partial charge < -0.3 is 5.32 Å². The van der Waals surface area contributed by atoms with Crippen LogP contribution >= 0.6 is 0 Å². The molecular formula is C12H23NO3S. The Balaban J connectivity index is 2.49. The van der Waals surface area contributed by atoms with Crippen molar-refractivity contribution >= 4 is 15.6 Å². The third-order valence-corrected chi connectivity index (χ3v) is 5.39. The van der Waals surface area contributed by atoms with Crippen LogP contribution in [-0.2, 0) is 14.6 Å². The van der Waals surface area contributed by atoms with Gasteiger partial charge in [-0.2, -0.15) is 0 Å². The minimum absolute atomic E-state index is 0.0166. The second-order valence-corrected chi connectivity index (χ2v) is 7.44. The van der Waals surface area contributed by atoms with Gasteiger partial charge >= 0.3 is 0 Å². The van der Waals surface area contributed by atoms with Gasteiger partial charge in [-0.25, -0.2) is 8.42 Å². The Morgan fingerprint density at radius 3 is 2.35 bits per heavy atom. The van der Waals surface area contributed by atoms with E-state index in [-0.39, 0.29) is 29.1 Å². The van der Waals surface area contributed by atoms with Gasteiger partial charge in [0.15, 0.2) is 9.84 Å². The number of ketones is 1. The Morgan fingerprint density at radius 1 is 1.24 bits per heavy atom. The SMILES string of the molecule is CCCS(=O)(=O)CCC(=O)C1(C)CCNCC1. The molecule has 0 atom stereocenters. The zero-order valence-electron chi connectivity index (χ0n) is 10.8. The van der Waals surface area contributed by atoms with Gasteiger partial charge in [-0.15, -0.1) is 0 Å². The minimum Gasteiger partial charge on any atom is -0.317 e. The van der Waals surface area contributed by atoms with Crippen molar-refractivity contribution in [3.8, 4) is 0 Å². The number of nitrogens with one attached hydrogen (secondary N) is 1. The van der Waals surface area contributed by atoms with Gasteiger partial charge in [0.25, 0.3) is 0 Å². The number of hydrogen-bond donors (Lipinski definition) is 1. The Bertz CT molecular complexity index is 356. The fourth-order valence-electron chi connectivity index (χ4n) is 2.22. The van der Waals surface area contributed by atoms with Crippen molar-refractivity contribution in [2.75, 3.05) is 24.6 Å². The van der Waals surface area contributed by atoms with E-state index >= 15 is 0 Å². The van der Waals surface area contributed by atoms with Gasteiger partial charge in [-0.1, -0.05) is 13.8 Å². The maximum atomic E-state index is 12.1. The van der Waals surface area contributed by atoms with Crippen LogP contribution < -0.4 is 5.32 Å². The van der Waals surface area contributed by atoms with Gasteiger partial charge in [-0.05, 0) is 32.4 Å². The van der Waals surface area contributed by atoms with Crippen LogP contribution in [0.4, 0.5) is 0 Å². The lowest BCUT2D eigenvalue weighted by Crippen LogP contribution is -2.40. The lowest BCUT2D eigenvalue weighted by atomic mass is 9.76. The van der Waals surface area contributed by atoms with Gasteiger partial charge in [0.2, 0.25) is 0 Å². The van der Waals surface area contributed by atoms with Crippen molar-refractivity contribution in [1.29, 1.82) is 0 Å². The lowest BCUT2D eigenvalue weighted by Gasteiger charge is -2.32. The van der Waals surface area contributed by atoms with Crippen molar-refractivity contribution in [2.24, 2.45) is 5.41 Å². The monoisotopic (exact) mass is 261 g/mol. The summed E-state index contributed by atoms with van der Waals surface area (Å²) >= 11 is 0. The first-order chi connectivity index (χ1) is 7.90. The van der Waals surface area contributed by atoms with Crippen LogP contribution in [0.25, 0.3) is 0 Å². The summed E-state index contributed by atoms with van der Waals surface area (Å²) in [5.74, 6) is 0.319. The quantitative estimate of drug-likeness (QED) is 0.779. The second kappa shape index (κ2) is 5.96. The molecule has 1 N–H and O–H groups in total. The first-order valence-corrected chi connectivity index (χ1v) is 8.16. The zero-order chi connectivity index (χ0) is 12.9. The van der Waals surface area contributed by atoms with E-state index in [1.54, 1.807) is 0 Å². The Kier molecular flexibility index (Phi) is 5.13. The summed E-state index contributed by atoms with van der Waals surface area (Å²) in [6.07, 6.45) is 2.44. The van der Waals surface area contributed by atoms with Crippen molar-refractivity contribution in [1.82, 2.24) is 5.32 Å². The molecule has 0 bridgehead atoms. The van der Waals surface area contributed by atoms with E-state index in [1.807, 2.05) is 13.8 Å². The number of carbonyl (C=O) groups excluding carboxylic acids is 1. The molecule has 100 valence electrons. The van der Waals surface area contributed by atoms with E-state index in [2.05, 4.69) is 5.32 Å². The Hall–Kier alpha value is -0.420. The summed E-state index contributed by atoms with van der Waals surface area (Å²) in [6.45, 7) is 5.50. The largest absolute Gasteiger partial charge is 0.317 e. The van der Waals surface area contributed by atoms with Crippen LogP contribution in [0.5, 0.6) is 0 Å². The average Bonchev–Trinajstić information content (AvgIpc) is 2.27. The molecule has 0 spiro atoms. The van der Waals surface area contributed by atoms with Gasteiger partial charge in [0.1, 0.15) is 5.78 Å². The molecule has 1 aliphatic heterocycles. The molecule has 1 heterocycles. The summed E-state index contributed by atoms with van der Waals surface area (Å²) in [5, 5.41) is 3.22. The maximum absolute atomic E-state index is 12.1. The highest BCUT2D eigenvalue weighted by Crippen LogP contribution is 2.30. The summed E-state index contributed by atoms with van der Waals surface area (Å²) in [6, 6.07) is 0. The fourth-order valence-corrected chi connectivity index (χ4v) is 3.54. The normalized spacial score (nSPS) is 20.1. The van der Waals surface area contributed by atoms with E-state index in [0.29, 0.717) is 6.42 Å². The summed E-state index contributed by atoms with van der Waals surface area (Å²) in [5.41, 5.74) is -0.313. The molecule has 17 heavy (non-hydrogen) atoms. The molecule has 0 unspecified atom stereocenters. The fraction of sp³-hybridized carbons (Fsp3) is 0.917. The zero-order valence-corrected chi connectivity index (χ0v) is 11.6. The highest BCUT2D eigenvalue weighted by atomic mass is 32.2. The van der Waals surface area contributed by atoms with Crippen molar-refractivity contribution in [2.45, 2.75) is 39.5 Å². The smallest absolute Gasteiger partial charge is 0.150 e. The molecule has 1 rings (SSSR count). The highest BCUT2D eigenvalue weighted by Gasteiger charge is 2.34. The number of sulfone groups is 1. The number of hydrogen-bond acceptors (Lipinski definition) is 4. The van der Waals surface area contributed by atoms with E-state index in [0.717, 1.165) is 25.9 Å². The average molecular weight is 261 g/mol. The molecule has 1 fully saturated rings. The van der Waals surface area contributed by atoms with Gasteiger partial charge in [-0.3, -0.25) is 4.79 Å². The van der Waals surface area contributed by atoms with E-state index < -0.39 is 9.84 Å². The molecule has 1 saturated heterocycles. The summed E-state index contributed by atoms with van der Waals surface area (Å²) in [4.78, 5) is 12.1. The molecule has 0 aromatic carbocycles. The molecular weight excluding hydrogens is 238 g/mol. The van der Waals surface area contributed by atoms with Gasteiger partial charge in [0.05, 0.1) is 5.75 Å². The predicted octanol–water partition coefficient (Wildman–Crippen LogP) is 1.16. The molecule has 0 aromatic rings. The minimum atomic E-state index is -3.03. The van der Waals surface area contributed by atoms with Crippen molar-refractivity contribution in [3.05, 3.63) is 0 Å². The number of carbonyl (C=O) groups is 1.